The summed E-state index contributed by atoms with van der Waals surface area (Å²) >= 11 is 0. The van der Waals surface area contributed by atoms with Crippen LogP contribution in [0.5, 0.6) is 0 Å². The quantitative estimate of drug-likeness (QED) is 0.292. The van der Waals surface area contributed by atoms with E-state index in [0.717, 1.165) is 0 Å². The maximum Gasteiger partial charge on any atom is 0.205 e. The first-order chi connectivity index (χ1) is 6.07. The van der Waals surface area contributed by atoms with Gasteiger partial charge in [0, 0.05) is 0 Å². The Labute approximate surface area is 76.2 Å². The minimum atomic E-state index is -1.48. The molecule has 6 N–H and O–H groups in total. The largest absolute Gasteiger partial charge is 0.388 e. The molecule has 0 aliphatic carbocycles. The summed E-state index contributed by atoms with van der Waals surface area (Å²) in [6, 6.07) is 0. The molecule has 7 heteroatoms. The van der Waals surface area contributed by atoms with E-state index in [1.165, 1.54) is 7.41 Å². The van der Waals surface area contributed by atoms with Gasteiger partial charge in [0.1, 0.15) is 18.3 Å². The van der Waals surface area contributed by atoms with Crippen molar-refractivity contribution < 1.29 is 25.2 Å². The van der Waals surface area contributed by atoms with Gasteiger partial charge < -0.3 is 30.8 Å². The van der Waals surface area contributed by atoms with E-state index in [4.69, 9.17) is 20.6 Å². The molecule has 1 aliphatic heterocycles. The minimum absolute atomic E-state index is 0.196. The summed E-state index contributed by atoms with van der Waals surface area (Å²) in [5.41, 5.74) is 5.11. The van der Waals surface area contributed by atoms with Gasteiger partial charge in [-0.2, -0.15) is 0 Å². The van der Waals surface area contributed by atoms with Crippen LogP contribution in [-0.2, 0) is 4.74 Å². The zero-order valence-corrected chi connectivity index (χ0v) is 6.95. The predicted octanol–water partition coefficient (Wildman–Crippen LogP) is -3.22. The maximum atomic E-state index is 9.34. The number of ether oxygens (including phenoxy) is 1. The van der Waals surface area contributed by atoms with Crippen molar-refractivity contribution in [3.63, 3.8) is 0 Å². The fourth-order valence-corrected chi connectivity index (χ4v) is 1.26. The highest BCUT2D eigenvalue weighted by molar-refractivity contribution is 6.31. The molecule has 0 aromatic carbocycles. The van der Waals surface area contributed by atoms with Crippen LogP contribution in [0.1, 0.15) is 0 Å². The molecule has 0 aromatic rings. The number of aliphatic hydroxyl groups is 4. The highest BCUT2D eigenvalue weighted by Gasteiger charge is 2.42. The molecule has 3 unspecified atom stereocenters. The monoisotopic (exact) mass is 190 g/mol. The minimum Gasteiger partial charge on any atom is -0.388 e. The van der Waals surface area contributed by atoms with Gasteiger partial charge in [-0.15, -0.1) is 0 Å². The molecule has 1 heterocycles. The van der Waals surface area contributed by atoms with Gasteiger partial charge in [-0.3, -0.25) is 0 Å². The molecule has 0 spiro atoms. The number of nitrogens with two attached hydrogens (primary N) is 1. The molecule has 1 saturated heterocycles. The summed E-state index contributed by atoms with van der Waals surface area (Å²) < 4.78 is 4.81. The van der Waals surface area contributed by atoms with E-state index < -0.39 is 30.7 Å². The van der Waals surface area contributed by atoms with Crippen LogP contribution < -0.4 is 5.64 Å². The molecular weight excluding hydrogens is 177 g/mol. The molecule has 5 atom stereocenters. The lowest BCUT2D eigenvalue weighted by molar-refractivity contribution is -0.277. The lowest BCUT2D eigenvalue weighted by Gasteiger charge is -2.38. The summed E-state index contributed by atoms with van der Waals surface area (Å²) in [4.78, 5) is 0. The standard InChI is InChI=1S/C6H13BNO5/c8-7-1-2-3(9)4(10)5(11)6(12)13-2/h2-6,9-12H,1,8H2/t2?,3-,4-,5?,6?/m0/s1. The fourth-order valence-electron chi connectivity index (χ4n) is 1.26. The van der Waals surface area contributed by atoms with E-state index in [2.05, 4.69) is 0 Å². The summed E-state index contributed by atoms with van der Waals surface area (Å²) in [6.45, 7) is 0. The van der Waals surface area contributed by atoms with Gasteiger partial charge in [0.05, 0.1) is 6.10 Å². The van der Waals surface area contributed by atoms with Gasteiger partial charge in [0.2, 0.25) is 7.41 Å². The van der Waals surface area contributed by atoms with Gasteiger partial charge in [0.15, 0.2) is 6.29 Å². The zero-order valence-electron chi connectivity index (χ0n) is 6.95. The Morgan fingerprint density at radius 1 is 1.08 bits per heavy atom. The molecule has 13 heavy (non-hydrogen) atoms. The van der Waals surface area contributed by atoms with Crippen LogP contribution >= 0.6 is 0 Å². The van der Waals surface area contributed by atoms with Crippen LogP contribution in [0.4, 0.5) is 0 Å². The third-order valence-corrected chi connectivity index (χ3v) is 2.06. The van der Waals surface area contributed by atoms with Gasteiger partial charge in [-0.05, 0) is 6.32 Å². The van der Waals surface area contributed by atoms with Crippen LogP contribution in [0.3, 0.4) is 0 Å². The summed E-state index contributed by atoms with van der Waals surface area (Å²) in [6.07, 6.45) is -6.19. The third kappa shape index (κ3) is 2.19. The topological polar surface area (TPSA) is 116 Å². The Balaban J connectivity index is 2.59. The molecule has 1 radical (unpaired) electrons. The van der Waals surface area contributed by atoms with Crippen molar-refractivity contribution in [3.05, 3.63) is 0 Å². The van der Waals surface area contributed by atoms with Crippen molar-refractivity contribution in [1.82, 2.24) is 0 Å². The zero-order chi connectivity index (χ0) is 10.0. The molecule has 0 amide bonds. The summed E-state index contributed by atoms with van der Waals surface area (Å²) in [5.74, 6) is 0. The van der Waals surface area contributed by atoms with E-state index >= 15 is 0 Å². The van der Waals surface area contributed by atoms with E-state index in [1.807, 2.05) is 0 Å². The predicted molar refractivity (Wildman–Crippen MR) is 43.6 cm³/mol. The van der Waals surface area contributed by atoms with Crippen molar-refractivity contribution in [2.45, 2.75) is 37.0 Å². The maximum absolute atomic E-state index is 9.34. The number of rotatable bonds is 2. The van der Waals surface area contributed by atoms with Crippen molar-refractivity contribution in [1.29, 1.82) is 0 Å². The molecule has 1 rings (SSSR count). The Morgan fingerprint density at radius 3 is 2.23 bits per heavy atom. The van der Waals surface area contributed by atoms with Crippen molar-refractivity contribution >= 4 is 7.41 Å². The number of hydrogen-bond acceptors (Lipinski definition) is 6. The van der Waals surface area contributed by atoms with Crippen molar-refractivity contribution in [3.8, 4) is 0 Å². The molecule has 0 bridgehead atoms. The highest BCUT2D eigenvalue weighted by Crippen LogP contribution is 2.21. The Morgan fingerprint density at radius 2 is 1.69 bits per heavy atom. The number of aliphatic hydroxyl groups excluding tert-OH is 4. The van der Waals surface area contributed by atoms with Gasteiger partial charge in [-0.25, -0.2) is 0 Å². The molecular formula is C6H13BNO5. The molecule has 0 aromatic heterocycles. The van der Waals surface area contributed by atoms with Crippen LogP contribution in [0.25, 0.3) is 0 Å². The molecule has 75 valence electrons. The van der Waals surface area contributed by atoms with Crippen molar-refractivity contribution in [2.24, 2.45) is 5.64 Å². The Hall–Kier alpha value is -0.175. The fraction of sp³-hybridized carbons (Fsp3) is 1.00. The Bertz CT molecular complexity index is 171. The average molecular weight is 190 g/mol. The van der Waals surface area contributed by atoms with E-state index in [9.17, 15) is 10.2 Å². The second kappa shape index (κ2) is 4.36. The third-order valence-electron chi connectivity index (χ3n) is 2.06. The van der Waals surface area contributed by atoms with Crippen molar-refractivity contribution in [2.75, 3.05) is 0 Å². The molecule has 0 saturated carbocycles. The summed E-state index contributed by atoms with van der Waals surface area (Å²) in [5, 5.41) is 36.7. The van der Waals surface area contributed by atoms with E-state index in [-0.39, 0.29) is 6.32 Å². The molecule has 1 fully saturated rings. The second-order valence-electron chi connectivity index (χ2n) is 3.01. The SMILES string of the molecule is N[B]CC1OC(O)C(O)[C@@H](O)[C@H]1O. The first-order valence-electron chi connectivity index (χ1n) is 3.99. The van der Waals surface area contributed by atoms with Crippen LogP contribution in [0.2, 0.25) is 6.32 Å². The van der Waals surface area contributed by atoms with Gasteiger partial charge in [-0.1, -0.05) is 0 Å². The average Bonchev–Trinajstić information content (AvgIpc) is 2.11. The van der Waals surface area contributed by atoms with Crippen LogP contribution in [0.15, 0.2) is 0 Å². The van der Waals surface area contributed by atoms with Gasteiger partial charge in [0.25, 0.3) is 0 Å². The highest BCUT2D eigenvalue weighted by atomic mass is 16.6. The smallest absolute Gasteiger partial charge is 0.205 e. The first-order valence-corrected chi connectivity index (χ1v) is 3.99. The second-order valence-corrected chi connectivity index (χ2v) is 3.01. The summed E-state index contributed by atoms with van der Waals surface area (Å²) in [7, 11) is 1.25. The lowest BCUT2D eigenvalue weighted by atomic mass is 9.82. The van der Waals surface area contributed by atoms with Crippen LogP contribution in [-0.4, -0.2) is 58.5 Å². The number of hydrogen-bond donors (Lipinski definition) is 5. The van der Waals surface area contributed by atoms with Crippen LogP contribution in [0, 0.1) is 0 Å². The lowest BCUT2D eigenvalue weighted by Crippen LogP contribution is -2.57. The normalized spacial score (nSPS) is 46.1. The molecule has 1 aliphatic rings. The molecule has 6 nitrogen and oxygen atoms in total. The van der Waals surface area contributed by atoms with E-state index in [1.54, 1.807) is 0 Å². The van der Waals surface area contributed by atoms with E-state index in [0.29, 0.717) is 0 Å². The van der Waals surface area contributed by atoms with Gasteiger partial charge >= 0.3 is 0 Å². The Kier molecular flexibility index (Phi) is 3.66. The first kappa shape index (κ1) is 10.9.